The zero-order chi connectivity index (χ0) is 24.8. The van der Waals surface area contributed by atoms with E-state index in [1.54, 1.807) is 23.7 Å². The van der Waals surface area contributed by atoms with E-state index in [1.807, 2.05) is 55.4 Å². The van der Waals surface area contributed by atoms with E-state index in [-0.39, 0.29) is 6.04 Å². The lowest BCUT2D eigenvalue weighted by Gasteiger charge is -2.38. The van der Waals surface area contributed by atoms with Crippen molar-refractivity contribution < 1.29 is 13.2 Å². The number of rotatable bonds is 10. The van der Waals surface area contributed by atoms with E-state index in [0.29, 0.717) is 23.5 Å². The first-order chi connectivity index (χ1) is 16.9. The van der Waals surface area contributed by atoms with Gasteiger partial charge in [0, 0.05) is 37.3 Å². The maximum Gasteiger partial charge on any atom is 0.245 e. The fraction of sp³-hybridized carbons (Fsp3) is 0.444. The van der Waals surface area contributed by atoms with Crippen LogP contribution in [0.1, 0.15) is 18.4 Å². The van der Waals surface area contributed by atoms with Gasteiger partial charge in [-0.15, -0.1) is 0 Å². The van der Waals surface area contributed by atoms with Crippen molar-refractivity contribution in [1.82, 2.24) is 19.1 Å². The third-order valence-electron chi connectivity index (χ3n) is 6.79. The van der Waals surface area contributed by atoms with Crippen molar-refractivity contribution in [3.05, 3.63) is 66.4 Å². The first-order valence-electron chi connectivity index (χ1n) is 12.2. The van der Waals surface area contributed by atoms with Gasteiger partial charge in [0.1, 0.15) is 10.6 Å². The third-order valence-corrected chi connectivity index (χ3v) is 8.77. The number of piperidine rings is 1. The lowest BCUT2D eigenvalue weighted by Crippen LogP contribution is -2.49. The molecular formula is C27H36N4O3S. The highest BCUT2D eigenvalue weighted by Gasteiger charge is 2.34. The van der Waals surface area contributed by atoms with E-state index in [2.05, 4.69) is 22.0 Å². The Hall–Kier alpha value is -2.52. The Bertz CT molecular complexity index is 1200. The summed E-state index contributed by atoms with van der Waals surface area (Å²) in [5, 5.41) is 0.842. The molecule has 1 fully saturated rings. The molecule has 1 aliphatic rings. The number of pyridine rings is 1. The van der Waals surface area contributed by atoms with Gasteiger partial charge in [-0.25, -0.2) is 8.42 Å². The molecule has 0 amide bonds. The van der Waals surface area contributed by atoms with Crippen LogP contribution in [0.25, 0.3) is 10.9 Å². The van der Waals surface area contributed by atoms with Gasteiger partial charge >= 0.3 is 0 Å². The average molecular weight is 497 g/mol. The van der Waals surface area contributed by atoms with Crippen LogP contribution in [-0.2, 0) is 16.4 Å². The summed E-state index contributed by atoms with van der Waals surface area (Å²) in [6.07, 6.45) is 4.28. The molecule has 3 aromatic rings. The summed E-state index contributed by atoms with van der Waals surface area (Å²) >= 11 is 0. The van der Waals surface area contributed by atoms with Gasteiger partial charge in [0.05, 0.1) is 12.6 Å². The summed E-state index contributed by atoms with van der Waals surface area (Å²) in [5.74, 6) is 0.870. The number of sulfonamides is 1. The minimum Gasteiger partial charge on any atom is -0.497 e. The Morgan fingerprint density at radius 2 is 1.71 bits per heavy atom. The molecule has 7 nitrogen and oxygen atoms in total. The molecule has 0 radical (unpaired) electrons. The highest BCUT2D eigenvalue weighted by molar-refractivity contribution is 7.89. The largest absolute Gasteiger partial charge is 0.497 e. The quantitative estimate of drug-likeness (QED) is 0.428. The second-order valence-electron chi connectivity index (χ2n) is 9.42. The normalized spacial score (nSPS) is 15.8. The number of methoxy groups -OCH3 is 1. The maximum absolute atomic E-state index is 13.9. The lowest BCUT2D eigenvalue weighted by atomic mass is 10.0. The predicted molar refractivity (Wildman–Crippen MR) is 140 cm³/mol. The van der Waals surface area contributed by atoms with Gasteiger partial charge in [0.15, 0.2) is 0 Å². The van der Waals surface area contributed by atoms with Gasteiger partial charge in [-0.05, 0) is 76.3 Å². The molecule has 2 heterocycles. The highest BCUT2D eigenvalue weighted by Crippen LogP contribution is 2.28. The van der Waals surface area contributed by atoms with Crippen LogP contribution >= 0.6 is 0 Å². The van der Waals surface area contributed by atoms with Crippen LogP contribution in [0.5, 0.6) is 5.75 Å². The Morgan fingerprint density at radius 1 is 1.00 bits per heavy atom. The second-order valence-corrected chi connectivity index (χ2v) is 11.3. The highest BCUT2D eigenvalue weighted by atomic mass is 32.2. The van der Waals surface area contributed by atoms with E-state index in [0.717, 1.165) is 50.0 Å². The van der Waals surface area contributed by atoms with Crippen LogP contribution in [0.2, 0.25) is 0 Å². The van der Waals surface area contributed by atoms with Gasteiger partial charge in [0.2, 0.25) is 10.0 Å². The first-order valence-corrected chi connectivity index (χ1v) is 13.7. The monoisotopic (exact) mass is 496 g/mol. The van der Waals surface area contributed by atoms with Crippen molar-refractivity contribution in [2.24, 2.45) is 0 Å². The lowest BCUT2D eigenvalue weighted by molar-refractivity contribution is 0.155. The number of benzene rings is 2. The Morgan fingerprint density at radius 3 is 2.40 bits per heavy atom. The molecule has 1 saturated heterocycles. The van der Waals surface area contributed by atoms with Gasteiger partial charge in [0.25, 0.3) is 0 Å². The minimum absolute atomic E-state index is 0.0174. The topological polar surface area (TPSA) is 66.0 Å². The standard InChI is InChI=1S/C27H36N4O3S/c1-29(2)20-21-31(35(32,33)26-8-4-6-23-7-5-16-28-27(23)26)24-14-18-30(19-15-24)17-13-22-9-11-25(34-3)12-10-22/h4-12,16,24H,13-15,17-21H2,1-3H3. The van der Waals surface area contributed by atoms with Gasteiger partial charge in [-0.1, -0.05) is 30.3 Å². The smallest absolute Gasteiger partial charge is 0.245 e. The van der Waals surface area contributed by atoms with E-state index in [1.165, 1.54) is 5.56 Å². The number of para-hydroxylation sites is 1. The summed E-state index contributed by atoms with van der Waals surface area (Å²) in [6, 6.07) is 17.4. The summed E-state index contributed by atoms with van der Waals surface area (Å²) in [5.41, 5.74) is 1.83. The predicted octanol–water partition coefficient (Wildman–Crippen LogP) is 3.50. The number of ether oxygens (including phenoxy) is 1. The zero-order valence-electron chi connectivity index (χ0n) is 20.9. The number of likely N-dealkylation sites (tertiary alicyclic amines) is 1. The molecule has 4 rings (SSSR count). The summed E-state index contributed by atoms with van der Waals surface area (Å²) in [7, 11) is 1.95. The first kappa shape index (κ1) is 25.6. The summed E-state index contributed by atoms with van der Waals surface area (Å²) in [4.78, 5) is 9.19. The molecule has 2 aromatic carbocycles. The van der Waals surface area contributed by atoms with Gasteiger partial charge in [-0.3, -0.25) is 4.98 Å². The Kier molecular flexibility index (Phi) is 8.38. The molecule has 188 valence electrons. The molecule has 0 unspecified atom stereocenters. The molecule has 0 N–H and O–H groups in total. The van der Waals surface area contributed by atoms with E-state index in [9.17, 15) is 8.42 Å². The van der Waals surface area contributed by atoms with Crippen LogP contribution in [0.15, 0.2) is 65.7 Å². The fourth-order valence-electron chi connectivity index (χ4n) is 4.72. The molecule has 0 bridgehead atoms. The molecule has 1 aromatic heterocycles. The molecule has 0 spiro atoms. The van der Waals surface area contributed by atoms with Gasteiger partial charge < -0.3 is 14.5 Å². The number of hydrogen-bond donors (Lipinski definition) is 0. The molecular weight excluding hydrogens is 460 g/mol. The van der Waals surface area contributed by atoms with Crippen molar-refractivity contribution in [3.63, 3.8) is 0 Å². The SMILES string of the molecule is COc1ccc(CCN2CCC(N(CCN(C)C)S(=O)(=O)c3cccc4cccnc34)CC2)cc1. The molecule has 8 heteroatoms. The van der Waals surface area contributed by atoms with Crippen LogP contribution in [-0.4, -0.2) is 87.5 Å². The van der Waals surface area contributed by atoms with Crippen LogP contribution in [0.4, 0.5) is 0 Å². The Balaban J connectivity index is 1.46. The zero-order valence-corrected chi connectivity index (χ0v) is 21.7. The molecule has 35 heavy (non-hydrogen) atoms. The Labute approximate surface area is 209 Å². The maximum atomic E-state index is 13.9. The number of hydrogen-bond acceptors (Lipinski definition) is 6. The molecule has 0 aliphatic carbocycles. The van der Waals surface area contributed by atoms with Crippen LogP contribution in [0, 0.1) is 0 Å². The van der Waals surface area contributed by atoms with E-state index in [4.69, 9.17) is 4.74 Å². The number of nitrogens with zero attached hydrogens (tertiary/aromatic N) is 4. The number of fused-ring (bicyclic) bond motifs is 1. The molecule has 0 atom stereocenters. The minimum atomic E-state index is -3.69. The van der Waals surface area contributed by atoms with Crippen LogP contribution < -0.4 is 4.74 Å². The number of likely N-dealkylation sites (N-methyl/N-ethyl adjacent to an activating group) is 1. The van der Waals surface area contributed by atoms with Crippen molar-refractivity contribution in [2.45, 2.75) is 30.2 Å². The molecule has 1 aliphatic heterocycles. The number of aromatic nitrogens is 1. The van der Waals surface area contributed by atoms with Crippen molar-refractivity contribution in [3.8, 4) is 5.75 Å². The molecule has 0 saturated carbocycles. The van der Waals surface area contributed by atoms with E-state index >= 15 is 0 Å². The second kappa shape index (κ2) is 11.5. The third kappa shape index (κ3) is 6.19. The summed E-state index contributed by atoms with van der Waals surface area (Å²) < 4.78 is 34.9. The fourth-order valence-corrected chi connectivity index (χ4v) is 6.56. The van der Waals surface area contributed by atoms with Crippen molar-refractivity contribution >= 4 is 20.9 Å². The van der Waals surface area contributed by atoms with Crippen molar-refractivity contribution in [1.29, 1.82) is 0 Å². The van der Waals surface area contributed by atoms with Crippen LogP contribution in [0.3, 0.4) is 0 Å². The van der Waals surface area contributed by atoms with Gasteiger partial charge in [-0.2, -0.15) is 4.31 Å². The van der Waals surface area contributed by atoms with Crippen molar-refractivity contribution in [2.75, 3.05) is 53.9 Å². The average Bonchev–Trinajstić information content (AvgIpc) is 2.88. The summed E-state index contributed by atoms with van der Waals surface area (Å²) in [6.45, 7) is 3.89. The van der Waals surface area contributed by atoms with E-state index < -0.39 is 10.0 Å².